The van der Waals surface area contributed by atoms with E-state index in [0.29, 0.717) is 17.0 Å². The number of hydrogen-bond acceptors (Lipinski definition) is 1. The zero-order chi connectivity index (χ0) is 10.9. The van der Waals surface area contributed by atoms with E-state index >= 15 is 0 Å². The summed E-state index contributed by atoms with van der Waals surface area (Å²) in [4.78, 5) is 0. The van der Waals surface area contributed by atoms with Gasteiger partial charge in [0.2, 0.25) is 0 Å². The van der Waals surface area contributed by atoms with E-state index in [2.05, 4.69) is 0 Å². The van der Waals surface area contributed by atoms with Crippen molar-refractivity contribution >= 4 is 11.6 Å². The molecule has 0 fully saturated rings. The van der Waals surface area contributed by atoms with Crippen LogP contribution in [0.15, 0.2) is 30.4 Å². The lowest BCUT2D eigenvalue weighted by molar-refractivity contribution is 0.0724. The van der Waals surface area contributed by atoms with Crippen LogP contribution in [0.25, 0.3) is 0 Å². The monoisotopic (exact) mass is 226 g/mol. The van der Waals surface area contributed by atoms with Gasteiger partial charge in [0.05, 0.1) is 0 Å². The molecular weight excluding hydrogens is 215 g/mol. The molecular formula is C12H12ClFO. The van der Waals surface area contributed by atoms with Gasteiger partial charge in [-0.1, -0.05) is 23.8 Å². The fraction of sp³-hybridized carbons (Fsp3) is 0.333. The molecule has 1 aliphatic rings. The molecule has 0 amide bonds. The highest BCUT2D eigenvalue weighted by Crippen LogP contribution is 2.36. The molecule has 1 aromatic rings. The number of benzene rings is 1. The predicted octanol–water partition coefficient (Wildman–Crippen LogP) is 3.41. The third kappa shape index (κ3) is 2.06. The quantitative estimate of drug-likeness (QED) is 0.728. The van der Waals surface area contributed by atoms with Crippen molar-refractivity contribution in [3.63, 3.8) is 0 Å². The first-order valence-electron chi connectivity index (χ1n) is 4.97. The summed E-state index contributed by atoms with van der Waals surface area (Å²) in [6.45, 7) is 0. The molecule has 1 N–H and O–H groups in total. The number of aliphatic hydroxyl groups is 1. The summed E-state index contributed by atoms with van der Waals surface area (Å²) in [6, 6.07) is 4.08. The van der Waals surface area contributed by atoms with E-state index < -0.39 is 5.60 Å². The number of rotatable bonds is 1. The van der Waals surface area contributed by atoms with Gasteiger partial charge in [-0.25, -0.2) is 4.39 Å². The molecule has 1 unspecified atom stereocenters. The summed E-state index contributed by atoms with van der Waals surface area (Å²) in [5.41, 5.74) is -0.641. The van der Waals surface area contributed by atoms with E-state index in [1.165, 1.54) is 18.2 Å². The average Bonchev–Trinajstić information content (AvgIpc) is 2.23. The highest BCUT2D eigenvalue weighted by atomic mass is 35.5. The van der Waals surface area contributed by atoms with Crippen molar-refractivity contribution in [1.29, 1.82) is 0 Å². The third-order valence-electron chi connectivity index (χ3n) is 2.72. The lowest BCUT2D eigenvalue weighted by atomic mass is 9.84. The summed E-state index contributed by atoms with van der Waals surface area (Å²) < 4.78 is 13.1. The van der Waals surface area contributed by atoms with Gasteiger partial charge in [-0.15, -0.1) is 0 Å². The fourth-order valence-corrected chi connectivity index (χ4v) is 2.19. The number of halogens is 2. The molecule has 0 saturated carbocycles. The maximum absolute atomic E-state index is 13.1. The largest absolute Gasteiger partial charge is 0.381 e. The maximum Gasteiger partial charge on any atom is 0.123 e. The van der Waals surface area contributed by atoms with Gasteiger partial charge in [-0.3, -0.25) is 0 Å². The molecule has 1 atom stereocenters. The van der Waals surface area contributed by atoms with Crippen LogP contribution < -0.4 is 0 Å². The van der Waals surface area contributed by atoms with E-state index in [0.717, 1.165) is 12.8 Å². The molecule has 0 radical (unpaired) electrons. The Morgan fingerprint density at radius 1 is 1.40 bits per heavy atom. The molecule has 0 heterocycles. The standard InChI is InChI=1S/C12H12ClFO/c13-11-5-4-9(14)8-10(11)12(15)6-2-1-3-7-12/h2,4-6,8,15H,1,3,7H2. The Hall–Kier alpha value is -0.860. The van der Waals surface area contributed by atoms with Crippen LogP contribution in [0.4, 0.5) is 4.39 Å². The second-order valence-corrected chi connectivity index (χ2v) is 4.25. The van der Waals surface area contributed by atoms with Crippen molar-refractivity contribution in [2.45, 2.75) is 24.9 Å². The van der Waals surface area contributed by atoms with Crippen molar-refractivity contribution in [2.75, 3.05) is 0 Å². The summed E-state index contributed by atoms with van der Waals surface area (Å²) in [6.07, 6.45) is 6.05. The van der Waals surface area contributed by atoms with Crippen molar-refractivity contribution < 1.29 is 9.50 Å². The first-order valence-corrected chi connectivity index (χ1v) is 5.35. The van der Waals surface area contributed by atoms with Crippen molar-refractivity contribution in [1.82, 2.24) is 0 Å². The van der Waals surface area contributed by atoms with E-state index in [1.807, 2.05) is 6.08 Å². The van der Waals surface area contributed by atoms with E-state index in [9.17, 15) is 9.50 Å². The highest BCUT2D eigenvalue weighted by Gasteiger charge is 2.29. The van der Waals surface area contributed by atoms with Crippen LogP contribution in [-0.2, 0) is 5.60 Å². The molecule has 0 saturated heterocycles. The maximum atomic E-state index is 13.1. The molecule has 0 aliphatic heterocycles. The van der Waals surface area contributed by atoms with Gasteiger partial charge >= 0.3 is 0 Å². The van der Waals surface area contributed by atoms with Gasteiger partial charge in [0.25, 0.3) is 0 Å². The number of allylic oxidation sites excluding steroid dienone is 1. The van der Waals surface area contributed by atoms with Gasteiger partial charge in [0, 0.05) is 10.6 Å². The molecule has 1 aliphatic carbocycles. The molecule has 0 aromatic heterocycles. The summed E-state index contributed by atoms with van der Waals surface area (Å²) >= 11 is 5.96. The Bertz CT molecular complexity index is 403. The molecule has 80 valence electrons. The van der Waals surface area contributed by atoms with Crippen molar-refractivity contribution in [3.8, 4) is 0 Å². The lowest BCUT2D eigenvalue weighted by Crippen LogP contribution is -2.25. The Morgan fingerprint density at radius 3 is 2.87 bits per heavy atom. The van der Waals surface area contributed by atoms with Crippen LogP contribution in [0.1, 0.15) is 24.8 Å². The lowest BCUT2D eigenvalue weighted by Gasteiger charge is -2.28. The minimum absolute atomic E-state index is 0.373. The topological polar surface area (TPSA) is 20.2 Å². The molecule has 1 nitrogen and oxygen atoms in total. The average molecular weight is 227 g/mol. The van der Waals surface area contributed by atoms with Crippen LogP contribution in [0.3, 0.4) is 0 Å². The van der Waals surface area contributed by atoms with Gasteiger partial charge in [0.1, 0.15) is 11.4 Å². The second kappa shape index (κ2) is 3.95. The van der Waals surface area contributed by atoms with E-state index in [-0.39, 0.29) is 5.82 Å². The summed E-state index contributed by atoms with van der Waals surface area (Å²) in [5, 5.41) is 10.7. The zero-order valence-corrected chi connectivity index (χ0v) is 8.97. The minimum atomic E-state index is -1.10. The predicted molar refractivity (Wildman–Crippen MR) is 58.3 cm³/mol. The third-order valence-corrected chi connectivity index (χ3v) is 3.05. The smallest absolute Gasteiger partial charge is 0.123 e. The first-order chi connectivity index (χ1) is 7.12. The second-order valence-electron chi connectivity index (χ2n) is 3.84. The molecule has 0 spiro atoms. The first kappa shape index (κ1) is 10.7. The van der Waals surface area contributed by atoms with E-state index in [1.54, 1.807) is 6.08 Å². The molecule has 1 aromatic carbocycles. The van der Waals surface area contributed by atoms with Crippen molar-refractivity contribution in [2.24, 2.45) is 0 Å². The molecule has 0 bridgehead atoms. The highest BCUT2D eigenvalue weighted by molar-refractivity contribution is 6.31. The normalized spacial score (nSPS) is 25.5. The Morgan fingerprint density at radius 2 is 2.20 bits per heavy atom. The molecule has 3 heteroatoms. The minimum Gasteiger partial charge on any atom is -0.381 e. The van der Waals surface area contributed by atoms with Crippen LogP contribution >= 0.6 is 11.6 Å². The molecule has 15 heavy (non-hydrogen) atoms. The van der Waals surface area contributed by atoms with Gasteiger partial charge in [0.15, 0.2) is 0 Å². The van der Waals surface area contributed by atoms with E-state index in [4.69, 9.17) is 11.6 Å². The summed E-state index contributed by atoms with van der Waals surface area (Å²) in [7, 11) is 0. The Balaban J connectivity index is 2.47. The zero-order valence-electron chi connectivity index (χ0n) is 8.21. The van der Waals surface area contributed by atoms with Gasteiger partial charge < -0.3 is 5.11 Å². The fourth-order valence-electron chi connectivity index (χ4n) is 1.90. The van der Waals surface area contributed by atoms with Gasteiger partial charge in [-0.05, 0) is 37.5 Å². The van der Waals surface area contributed by atoms with Crippen molar-refractivity contribution in [3.05, 3.63) is 46.8 Å². The van der Waals surface area contributed by atoms with Crippen LogP contribution in [0.5, 0.6) is 0 Å². The van der Waals surface area contributed by atoms with Crippen LogP contribution in [0.2, 0.25) is 5.02 Å². The Kier molecular flexibility index (Phi) is 2.81. The van der Waals surface area contributed by atoms with Crippen LogP contribution in [0, 0.1) is 5.82 Å². The van der Waals surface area contributed by atoms with Gasteiger partial charge in [-0.2, -0.15) is 0 Å². The summed E-state index contributed by atoms with van der Waals surface area (Å²) in [5.74, 6) is -0.373. The van der Waals surface area contributed by atoms with Crippen LogP contribution in [-0.4, -0.2) is 5.11 Å². The Labute approximate surface area is 93.2 Å². The molecule has 2 rings (SSSR count). The number of hydrogen-bond donors (Lipinski definition) is 1. The SMILES string of the molecule is OC1(c2cc(F)ccc2Cl)C=CCCC1.